The van der Waals surface area contributed by atoms with Crippen molar-refractivity contribution in [2.75, 3.05) is 32.8 Å². The molecule has 12 nitrogen and oxygen atoms in total. The molecule has 3 aromatic rings. The zero-order valence-electron chi connectivity index (χ0n) is 20.3. The van der Waals surface area contributed by atoms with Crippen LogP contribution in [0.25, 0.3) is 11.2 Å². The summed E-state index contributed by atoms with van der Waals surface area (Å²) in [7, 11) is 3.00. The molecule has 1 unspecified atom stereocenters. The lowest BCUT2D eigenvalue weighted by Gasteiger charge is -2.37. The van der Waals surface area contributed by atoms with Crippen LogP contribution in [0.15, 0.2) is 40.2 Å². The summed E-state index contributed by atoms with van der Waals surface area (Å²) < 4.78 is 15.6. The van der Waals surface area contributed by atoms with E-state index in [1.165, 1.54) is 17.9 Å². The average Bonchev–Trinajstić information content (AvgIpc) is 3.34. The van der Waals surface area contributed by atoms with Crippen molar-refractivity contribution in [2.45, 2.75) is 25.5 Å². The second kappa shape index (κ2) is 9.51. The zero-order valence-corrected chi connectivity index (χ0v) is 20.3. The van der Waals surface area contributed by atoms with E-state index in [1.54, 1.807) is 33.5 Å². The Hall–Kier alpha value is -4.09. The van der Waals surface area contributed by atoms with Crippen molar-refractivity contribution in [1.82, 2.24) is 28.5 Å². The number of hydrogen-bond donors (Lipinski definition) is 0. The van der Waals surface area contributed by atoms with Crippen molar-refractivity contribution >= 4 is 23.0 Å². The van der Waals surface area contributed by atoms with E-state index in [0.29, 0.717) is 68.2 Å². The molecule has 2 aliphatic heterocycles. The third kappa shape index (κ3) is 4.23. The third-order valence-corrected chi connectivity index (χ3v) is 6.73. The molecule has 0 saturated carbocycles. The van der Waals surface area contributed by atoms with Gasteiger partial charge in [-0.25, -0.2) is 9.78 Å². The number of ether oxygens (including phenoxy) is 2. The second-order valence-electron chi connectivity index (χ2n) is 8.99. The molecule has 2 amide bonds. The van der Waals surface area contributed by atoms with Crippen molar-refractivity contribution in [3.63, 3.8) is 0 Å². The molecule has 190 valence electrons. The van der Waals surface area contributed by atoms with Gasteiger partial charge in [-0.1, -0.05) is 12.1 Å². The summed E-state index contributed by atoms with van der Waals surface area (Å²) in [6.45, 7) is 2.35. The molecule has 1 saturated heterocycles. The van der Waals surface area contributed by atoms with E-state index in [-0.39, 0.29) is 18.4 Å². The first-order valence-electron chi connectivity index (χ1n) is 11.9. The van der Waals surface area contributed by atoms with E-state index < -0.39 is 17.4 Å². The number of para-hydroxylation sites is 2. The first-order valence-corrected chi connectivity index (χ1v) is 11.9. The molecule has 5 rings (SSSR count). The van der Waals surface area contributed by atoms with Gasteiger partial charge in [-0.05, 0) is 18.6 Å². The first-order chi connectivity index (χ1) is 17.3. The normalized spacial score (nSPS) is 17.4. The Labute approximate surface area is 206 Å². The second-order valence-corrected chi connectivity index (χ2v) is 8.99. The fourth-order valence-electron chi connectivity index (χ4n) is 4.65. The van der Waals surface area contributed by atoms with Crippen molar-refractivity contribution < 1.29 is 19.1 Å². The summed E-state index contributed by atoms with van der Waals surface area (Å²) in [5.74, 6) is 1.05. The molecule has 4 heterocycles. The number of fused-ring (bicyclic) bond motifs is 2. The van der Waals surface area contributed by atoms with Gasteiger partial charge in [0.15, 0.2) is 22.7 Å². The van der Waals surface area contributed by atoms with Crippen LogP contribution in [0, 0.1) is 0 Å². The first kappa shape index (κ1) is 23.6. The van der Waals surface area contributed by atoms with Crippen LogP contribution in [0.2, 0.25) is 0 Å². The minimum Gasteiger partial charge on any atom is -0.485 e. The van der Waals surface area contributed by atoms with Gasteiger partial charge in [0.05, 0.1) is 6.33 Å². The van der Waals surface area contributed by atoms with Crippen LogP contribution in [0.5, 0.6) is 11.5 Å². The lowest BCUT2D eigenvalue weighted by atomic mass is 10.2. The van der Waals surface area contributed by atoms with Crippen molar-refractivity contribution in [2.24, 2.45) is 14.1 Å². The topological polar surface area (TPSA) is 121 Å². The summed E-state index contributed by atoms with van der Waals surface area (Å²) in [6.07, 6.45) is 1.65. The molecule has 0 spiro atoms. The van der Waals surface area contributed by atoms with Gasteiger partial charge >= 0.3 is 5.69 Å². The van der Waals surface area contributed by atoms with Gasteiger partial charge in [0.25, 0.3) is 11.5 Å². The van der Waals surface area contributed by atoms with Crippen LogP contribution in [0.1, 0.15) is 12.8 Å². The van der Waals surface area contributed by atoms with Crippen molar-refractivity contribution in [3.05, 3.63) is 51.4 Å². The standard InChI is InChI=1S/C24H28N6O6/c1-26-21-20(23(33)27(2)24(26)34)30(15-25-21)9-5-8-19(31)28-10-12-29(13-11-28)22(32)18-14-35-16-6-3-4-7-17(16)36-18/h3-4,6-7,15,18H,5,8-14H2,1-2H3. The molecule has 1 aromatic carbocycles. The zero-order chi connectivity index (χ0) is 25.4. The molecule has 1 fully saturated rings. The highest BCUT2D eigenvalue weighted by Crippen LogP contribution is 2.31. The number of carbonyl (C=O) groups excluding carboxylic acids is 2. The molecule has 12 heteroatoms. The number of aromatic nitrogens is 4. The van der Waals surface area contributed by atoms with Crippen LogP contribution in [-0.2, 0) is 30.2 Å². The number of imidazole rings is 1. The Balaban J connectivity index is 1.12. The maximum Gasteiger partial charge on any atom is 0.332 e. The molecule has 0 N–H and O–H groups in total. The quantitative estimate of drug-likeness (QED) is 0.477. The van der Waals surface area contributed by atoms with Gasteiger partial charge in [-0.15, -0.1) is 0 Å². The van der Waals surface area contributed by atoms with Gasteiger partial charge in [-0.3, -0.25) is 23.5 Å². The fourth-order valence-corrected chi connectivity index (χ4v) is 4.65. The third-order valence-electron chi connectivity index (χ3n) is 6.73. The van der Waals surface area contributed by atoms with E-state index in [9.17, 15) is 19.2 Å². The fraction of sp³-hybridized carbons (Fsp3) is 0.458. The maximum absolute atomic E-state index is 12.9. The summed E-state index contributed by atoms with van der Waals surface area (Å²) in [4.78, 5) is 58.0. The Morgan fingerprint density at radius 1 is 1.00 bits per heavy atom. The number of rotatable bonds is 5. The number of amides is 2. The Morgan fingerprint density at radius 3 is 2.44 bits per heavy atom. The van der Waals surface area contributed by atoms with Crippen LogP contribution in [-0.4, -0.2) is 79.2 Å². The van der Waals surface area contributed by atoms with Crippen molar-refractivity contribution in [1.29, 1.82) is 0 Å². The summed E-state index contributed by atoms with van der Waals surface area (Å²) >= 11 is 0. The molecule has 2 aliphatic rings. The SMILES string of the molecule is Cn1c(=O)c2c(ncn2CCCC(=O)N2CCN(C(=O)C3COc4ccccc4O3)CC2)n(C)c1=O. The molecule has 1 atom stereocenters. The highest BCUT2D eigenvalue weighted by Gasteiger charge is 2.33. The molecule has 0 radical (unpaired) electrons. The van der Waals surface area contributed by atoms with Gasteiger partial charge in [0.1, 0.15) is 6.61 Å². The maximum atomic E-state index is 12.9. The smallest absolute Gasteiger partial charge is 0.332 e. The molecule has 36 heavy (non-hydrogen) atoms. The Morgan fingerprint density at radius 2 is 1.69 bits per heavy atom. The lowest BCUT2D eigenvalue weighted by Crippen LogP contribution is -2.55. The highest BCUT2D eigenvalue weighted by atomic mass is 16.6. The predicted molar refractivity (Wildman–Crippen MR) is 129 cm³/mol. The molecule has 0 aliphatic carbocycles. The van der Waals surface area contributed by atoms with Gasteiger partial charge < -0.3 is 23.8 Å². The summed E-state index contributed by atoms with van der Waals surface area (Å²) in [5, 5.41) is 0. The largest absolute Gasteiger partial charge is 0.485 e. The monoisotopic (exact) mass is 496 g/mol. The van der Waals surface area contributed by atoms with Crippen LogP contribution in [0.3, 0.4) is 0 Å². The van der Waals surface area contributed by atoms with E-state index in [1.807, 2.05) is 12.1 Å². The van der Waals surface area contributed by atoms with Gasteiger partial charge in [0.2, 0.25) is 12.0 Å². The van der Waals surface area contributed by atoms with Crippen molar-refractivity contribution in [3.8, 4) is 11.5 Å². The average molecular weight is 497 g/mol. The molecule has 0 bridgehead atoms. The van der Waals surface area contributed by atoms with Crippen LogP contribution < -0.4 is 20.7 Å². The lowest BCUT2D eigenvalue weighted by molar-refractivity contribution is -0.146. The highest BCUT2D eigenvalue weighted by molar-refractivity contribution is 5.82. The summed E-state index contributed by atoms with van der Waals surface area (Å²) in [6, 6.07) is 7.26. The van der Waals surface area contributed by atoms with E-state index >= 15 is 0 Å². The molecular formula is C24H28N6O6. The number of hydrogen-bond acceptors (Lipinski definition) is 7. The number of nitrogens with zero attached hydrogens (tertiary/aromatic N) is 6. The molecular weight excluding hydrogens is 468 g/mol. The van der Waals surface area contributed by atoms with E-state index in [0.717, 1.165) is 4.57 Å². The van der Waals surface area contributed by atoms with E-state index in [2.05, 4.69) is 4.98 Å². The Kier molecular flexibility index (Phi) is 6.25. The predicted octanol–water partition coefficient (Wildman–Crippen LogP) is -0.275. The van der Waals surface area contributed by atoms with Crippen LogP contribution >= 0.6 is 0 Å². The minimum atomic E-state index is -0.695. The summed E-state index contributed by atoms with van der Waals surface area (Å²) in [5.41, 5.74) is -0.173. The van der Waals surface area contributed by atoms with Gasteiger partial charge in [0, 0.05) is 53.2 Å². The number of carbonyl (C=O) groups is 2. The number of benzene rings is 1. The van der Waals surface area contributed by atoms with Gasteiger partial charge in [-0.2, -0.15) is 0 Å². The van der Waals surface area contributed by atoms with Crippen LogP contribution in [0.4, 0.5) is 0 Å². The van der Waals surface area contributed by atoms with E-state index in [4.69, 9.17) is 9.47 Å². The minimum absolute atomic E-state index is 0.00185. The number of piperazine rings is 1. The number of aryl methyl sites for hydroxylation is 2. The Bertz CT molecular complexity index is 1430. The molecule has 2 aromatic heterocycles.